The van der Waals surface area contributed by atoms with Crippen molar-refractivity contribution >= 4 is 20.9 Å². The van der Waals surface area contributed by atoms with Crippen molar-refractivity contribution in [3.63, 3.8) is 0 Å². The summed E-state index contributed by atoms with van der Waals surface area (Å²) in [6, 6.07) is 13.7. The number of aromatic amines is 1. The smallest absolute Gasteiger partial charge is 0.258 e. The zero-order valence-electron chi connectivity index (χ0n) is 16.7. The molecule has 0 spiro atoms. The van der Waals surface area contributed by atoms with Gasteiger partial charge in [-0.15, -0.1) is 0 Å². The molecule has 4 rings (SSSR count). The number of methoxy groups -OCH3 is 1. The molecule has 0 saturated carbocycles. The number of fused-ring (bicyclic) bond motifs is 1. The van der Waals surface area contributed by atoms with Crippen molar-refractivity contribution in [2.75, 3.05) is 39.8 Å². The van der Waals surface area contributed by atoms with E-state index in [2.05, 4.69) is 14.9 Å². The Hall–Kier alpha value is -2.75. The normalized spacial score (nSPS) is 16.0. The molecule has 1 aliphatic heterocycles. The SMILES string of the molecule is COc1ccc(S(=O)(=O)N2CCN(CCc3nc4ccccc4c(=O)[nH]3)CC2)cc1. The fourth-order valence-electron chi connectivity index (χ4n) is 3.61. The van der Waals surface area contributed by atoms with Gasteiger partial charge in [0.25, 0.3) is 5.56 Å². The lowest BCUT2D eigenvalue weighted by molar-refractivity contribution is 0.189. The summed E-state index contributed by atoms with van der Waals surface area (Å²) >= 11 is 0. The first kappa shape index (κ1) is 20.5. The van der Waals surface area contributed by atoms with Gasteiger partial charge >= 0.3 is 0 Å². The molecule has 30 heavy (non-hydrogen) atoms. The van der Waals surface area contributed by atoms with Crippen molar-refractivity contribution in [3.8, 4) is 5.75 Å². The lowest BCUT2D eigenvalue weighted by Gasteiger charge is -2.33. The average molecular weight is 429 g/mol. The van der Waals surface area contributed by atoms with E-state index in [4.69, 9.17) is 4.74 Å². The molecule has 158 valence electrons. The van der Waals surface area contributed by atoms with Crippen LogP contribution in [0.1, 0.15) is 5.82 Å². The molecule has 0 unspecified atom stereocenters. The van der Waals surface area contributed by atoms with Crippen molar-refractivity contribution in [3.05, 3.63) is 64.7 Å². The summed E-state index contributed by atoms with van der Waals surface area (Å²) < 4.78 is 32.3. The Balaban J connectivity index is 1.36. The maximum absolute atomic E-state index is 12.9. The average Bonchev–Trinajstić information content (AvgIpc) is 2.78. The van der Waals surface area contributed by atoms with E-state index >= 15 is 0 Å². The molecule has 0 bridgehead atoms. The van der Waals surface area contributed by atoms with Crippen molar-refractivity contribution in [2.24, 2.45) is 0 Å². The molecule has 1 N–H and O–H groups in total. The van der Waals surface area contributed by atoms with Crippen LogP contribution < -0.4 is 10.3 Å². The molecule has 0 radical (unpaired) electrons. The summed E-state index contributed by atoms with van der Waals surface area (Å²) in [5.41, 5.74) is 0.553. The third-order valence-corrected chi connectivity index (χ3v) is 7.27. The van der Waals surface area contributed by atoms with E-state index in [0.29, 0.717) is 61.6 Å². The number of nitrogens with one attached hydrogen (secondary N) is 1. The van der Waals surface area contributed by atoms with E-state index in [-0.39, 0.29) is 10.5 Å². The Bertz CT molecular complexity index is 1180. The van der Waals surface area contributed by atoms with Crippen LogP contribution in [-0.2, 0) is 16.4 Å². The molecule has 3 aromatic rings. The summed E-state index contributed by atoms with van der Waals surface area (Å²) in [5, 5.41) is 0.582. The molecule has 2 heterocycles. The molecule has 1 fully saturated rings. The molecule has 9 heteroatoms. The fraction of sp³-hybridized carbons (Fsp3) is 0.333. The molecule has 2 aromatic carbocycles. The van der Waals surface area contributed by atoms with E-state index in [1.807, 2.05) is 18.2 Å². The van der Waals surface area contributed by atoms with Crippen LogP contribution in [0.2, 0.25) is 0 Å². The van der Waals surface area contributed by atoms with E-state index < -0.39 is 10.0 Å². The highest BCUT2D eigenvalue weighted by Crippen LogP contribution is 2.20. The molecule has 1 saturated heterocycles. The minimum atomic E-state index is -3.52. The van der Waals surface area contributed by atoms with Gasteiger partial charge in [0.15, 0.2) is 0 Å². The zero-order valence-corrected chi connectivity index (χ0v) is 17.6. The third-order valence-electron chi connectivity index (χ3n) is 5.36. The monoisotopic (exact) mass is 428 g/mol. The highest BCUT2D eigenvalue weighted by atomic mass is 32.2. The summed E-state index contributed by atoms with van der Waals surface area (Å²) in [5.74, 6) is 1.27. The summed E-state index contributed by atoms with van der Waals surface area (Å²) in [6.45, 7) is 2.82. The molecule has 0 amide bonds. The second-order valence-corrected chi connectivity index (χ2v) is 9.14. The van der Waals surface area contributed by atoms with Crippen LogP contribution >= 0.6 is 0 Å². The molecule has 1 aliphatic rings. The zero-order chi connectivity index (χ0) is 21.1. The van der Waals surface area contributed by atoms with Gasteiger partial charge in [-0.1, -0.05) is 12.1 Å². The number of H-pyrrole nitrogens is 1. The number of nitrogens with zero attached hydrogens (tertiary/aromatic N) is 3. The van der Waals surface area contributed by atoms with Gasteiger partial charge in [0.05, 0.1) is 22.9 Å². The van der Waals surface area contributed by atoms with Crippen molar-refractivity contribution in [1.82, 2.24) is 19.2 Å². The number of aromatic nitrogens is 2. The van der Waals surface area contributed by atoms with Crippen molar-refractivity contribution in [2.45, 2.75) is 11.3 Å². The predicted octanol–water partition coefficient (Wildman–Crippen LogP) is 1.48. The van der Waals surface area contributed by atoms with E-state index in [1.54, 1.807) is 37.4 Å². The van der Waals surface area contributed by atoms with Crippen LogP contribution in [0.25, 0.3) is 10.9 Å². The first-order chi connectivity index (χ1) is 14.5. The van der Waals surface area contributed by atoms with Crippen molar-refractivity contribution < 1.29 is 13.2 Å². The van der Waals surface area contributed by atoms with Gasteiger partial charge < -0.3 is 14.6 Å². The van der Waals surface area contributed by atoms with Gasteiger partial charge in [0.2, 0.25) is 10.0 Å². The number of sulfonamides is 1. The van der Waals surface area contributed by atoms with E-state index in [9.17, 15) is 13.2 Å². The highest BCUT2D eigenvalue weighted by molar-refractivity contribution is 7.89. The number of piperazine rings is 1. The van der Waals surface area contributed by atoms with Crippen LogP contribution in [0.5, 0.6) is 5.75 Å². The Labute approximate surface area is 175 Å². The molecular formula is C21H24N4O4S. The molecule has 8 nitrogen and oxygen atoms in total. The number of rotatable bonds is 6. The van der Waals surface area contributed by atoms with Crippen molar-refractivity contribution in [1.29, 1.82) is 0 Å². The predicted molar refractivity (Wildman–Crippen MR) is 114 cm³/mol. The molecule has 0 atom stereocenters. The van der Waals surface area contributed by atoms with Gasteiger partial charge in [-0.3, -0.25) is 4.79 Å². The second kappa shape index (κ2) is 8.55. The Morgan fingerprint density at radius 3 is 2.43 bits per heavy atom. The van der Waals surface area contributed by atoms with Crippen LogP contribution in [-0.4, -0.2) is 67.4 Å². The Kier molecular flexibility index (Phi) is 5.85. The molecule has 1 aromatic heterocycles. The first-order valence-electron chi connectivity index (χ1n) is 9.82. The number of benzene rings is 2. The summed E-state index contributed by atoms with van der Waals surface area (Å²) in [7, 11) is -1.97. The lowest BCUT2D eigenvalue weighted by atomic mass is 10.2. The fourth-order valence-corrected chi connectivity index (χ4v) is 5.03. The maximum atomic E-state index is 12.9. The van der Waals surface area contributed by atoms with Gasteiger partial charge in [-0.25, -0.2) is 13.4 Å². The van der Waals surface area contributed by atoms with Crippen LogP contribution in [0, 0.1) is 0 Å². The number of hydrogen-bond donors (Lipinski definition) is 1. The summed E-state index contributed by atoms with van der Waals surface area (Å²) in [6.07, 6.45) is 0.602. The standard InChI is InChI=1S/C21H24N4O4S/c1-29-16-6-8-17(9-7-16)30(27,28)25-14-12-24(13-15-25)11-10-20-22-19-5-3-2-4-18(19)21(26)23-20/h2-9H,10-15H2,1H3,(H,22,23,26). The largest absolute Gasteiger partial charge is 0.497 e. The van der Waals surface area contributed by atoms with Crippen LogP contribution in [0.4, 0.5) is 0 Å². The van der Waals surface area contributed by atoms with Crippen LogP contribution in [0.3, 0.4) is 0 Å². The van der Waals surface area contributed by atoms with Gasteiger partial charge in [0.1, 0.15) is 11.6 Å². The minimum absolute atomic E-state index is 0.133. The van der Waals surface area contributed by atoms with Crippen LogP contribution in [0.15, 0.2) is 58.2 Å². The quantitative estimate of drug-likeness (QED) is 0.639. The maximum Gasteiger partial charge on any atom is 0.258 e. The van der Waals surface area contributed by atoms with Gasteiger partial charge in [-0.2, -0.15) is 4.31 Å². The highest BCUT2D eigenvalue weighted by Gasteiger charge is 2.28. The lowest BCUT2D eigenvalue weighted by Crippen LogP contribution is -2.49. The van der Waals surface area contributed by atoms with E-state index in [1.165, 1.54) is 4.31 Å². The third kappa shape index (κ3) is 4.23. The summed E-state index contributed by atoms with van der Waals surface area (Å²) in [4.78, 5) is 22.0. The molecule has 0 aliphatic carbocycles. The number of ether oxygens (including phenoxy) is 1. The first-order valence-corrected chi connectivity index (χ1v) is 11.3. The molecular weight excluding hydrogens is 404 g/mol. The van der Waals surface area contributed by atoms with Gasteiger partial charge in [0, 0.05) is 39.1 Å². The van der Waals surface area contributed by atoms with E-state index in [0.717, 1.165) is 0 Å². The topological polar surface area (TPSA) is 95.6 Å². The Morgan fingerprint density at radius 2 is 1.73 bits per heavy atom. The second-order valence-electron chi connectivity index (χ2n) is 7.20. The Morgan fingerprint density at radius 1 is 1.03 bits per heavy atom. The number of para-hydroxylation sites is 1. The number of hydrogen-bond acceptors (Lipinski definition) is 6. The minimum Gasteiger partial charge on any atom is -0.497 e. The van der Waals surface area contributed by atoms with Gasteiger partial charge in [-0.05, 0) is 36.4 Å².